The number of nitrogens with zero attached hydrogens (tertiary/aromatic N) is 1. The number of anilines is 1. The fourth-order valence-corrected chi connectivity index (χ4v) is 2.09. The van der Waals surface area contributed by atoms with Crippen molar-refractivity contribution < 1.29 is 19.0 Å². The zero-order valence-electron chi connectivity index (χ0n) is 11.8. The lowest BCUT2D eigenvalue weighted by Gasteiger charge is -2.20. The van der Waals surface area contributed by atoms with Gasteiger partial charge in [0.05, 0.1) is 7.11 Å². The van der Waals surface area contributed by atoms with Crippen molar-refractivity contribution in [3.8, 4) is 5.75 Å². The van der Waals surface area contributed by atoms with Crippen molar-refractivity contribution in [1.82, 2.24) is 0 Å². The maximum atomic E-state index is 13.2. The Morgan fingerprint density at radius 1 is 1.29 bits per heavy atom. The molecule has 0 radical (unpaired) electrons. The third kappa shape index (κ3) is 3.51. The number of carboxylic acids is 1. The molecule has 0 aliphatic carbocycles. The standard InChI is InChI=1S/C16H16FNO3/c1-18(13-5-3-4-12(17)9-13)10-11-6-7-14(16(19)20)15(8-11)21-2/h3-9H,10H2,1-2H3,(H,19,20). The van der Waals surface area contributed by atoms with E-state index in [4.69, 9.17) is 9.84 Å². The summed E-state index contributed by atoms with van der Waals surface area (Å²) in [6.45, 7) is 0.514. The van der Waals surface area contributed by atoms with E-state index in [-0.39, 0.29) is 11.4 Å². The first kappa shape index (κ1) is 14.8. The van der Waals surface area contributed by atoms with Crippen LogP contribution in [-0.4, -0.2) is 25.2 Å². The van der Waals surface area contributed by atoms with E-state index in [1.165, 1.54) is 25.3 Å². The first-order chi connectivity index (χ1) is 10.0. The molecule has 0 bridgehead atoms. The molecule has 0 aliphatic rings. The van der Waals surface area contributed by atoms with Gasteiger partial charge in [-0.05, 0) is 35.9 Å². The van der Waals surface area contributed by atoms with Crippen molar-refractivity contribution >= 4 is 11.7 Å². The van der Waals surface area contributed by atoms with Gasteiger partial charge in [0.1, 0.15) is 17.1 Å². The summed E-state index contributed by atoms with van der Waals surface area (Å²) in [5.74, 6) is -1.01. The van der Waals surface area contributed by atoms with Gasteiger partial charge >= 0.3 is 5.97 Å². The molecule has 0 saturated heterocycles. The molecule has 21 heavy (non-hydrogen) atoms. The highest BCUT2D eigenvalue weighted by atomic mass is 19.1. The molecule has 2 rings (SSSR count). The molecule has 0 fully saturated rings. The molecule has 0 amide bonds. The van der Waals surface area contributed by atoms with E-state index < -0.39 is 5.97 Å². The number of hydrogen-bond donors (Lipinski definition) is 1. The molecule has 1 N–H and O–H groups in total. The first-order valence-corrected chi connectivity index (χ1v) is 6.38. The molecular formula is C16H16FNO3. The van der Waals surface area contributed by atoms with Gasteiger partial charge in [-0.15, -0.1) is 0 Å². The third-order valence-electron chi connectivity index (χ3n) is 3.17. The zero-order chi connectivity index (χ0) is 15.4. The molecular weight excluding hydrogens is 273 g/mol. The van der Waals surface area contributed by atoms with E-state index in [0.717, 1.165) is 11.3 Å². The Hall–Kier alpha value is -2.56. The van der Waals surface area contributed by atoms with Crippen molar-refractivity contribution in [3.63, 3.8) is 0 Å². The largest absolute Gasteiger partial charge is 0.496 e. The van der Waals surface area contributed by atoms with Crippen LogP contribution in [0.3, 0.4) is 0 Å². The second kappa shape index (κ2) is 6.26. The number of carbonyl (C=O) groups is 1. The monoisotopic (exact) mass is 289 g/mol. The van der Waals surface area contributed by atoms with Gasteiger partial charge in [-0.1, -0.05) is 12.1 Å². The lowest BCUT2D eigenvalue weighted by Crippen LogP contribution is -2.16. The maximum Gasteiger partial charge on any atom is 0.339 e. The van der Waals surface area contributed by atoms with Gasteiger partial charge in [-0.2, -0.15) is 0 Å². The molecule has 0 unspecified atom stereocenters. The average molecular weight is 289 g/mol. The van der Waals surface area contributed by atoms with Crippen molar-refractivity contribution in [2.75, 3.05) is 19.1 Å². The number of aromatic carboxylic acids is 1. The molecule has 5 heteroatoms. The quantitative estimate of drug-likeness (QED) is 0.918. The highest BCUT2D eigenvalue weighted by Crippen LogP contribution is 2.23. The highest BCUT2D eigenvalue weighted by Gasteiger charge is 2.12. The van der Waals surface area contributed by atoms with E-state index in [1.807, 2.05) is 18.0 Å². The van der Waals surface area contributed by atoms with E-state index in [2.05, 4.69) is 0 Å². The molecule has 0 aromatic heterocycles. The molecule has 0 heterocycles. The van der Waals surface area contributed by atoms with E-state index in [9.17, 15) is 9.18 Å². The number of rotatable bonds is 5. The summed E-state index contributed by atoms with van der Waals surface area (Å²) in [5, 5.41) is 9.05. The number of ether oxygens (including phenoxy) is 1. The van der Waals surface area contributed by atoms with Crippen LogP contribution in [0.2, 0.25) is 0 Å². The van der Waals surface area contributed by atoms with E-state index in [0.29, 0.717) is 12.3 Å². The first-order valence-electron chi connectivity index (χ1n) is 6.38. The van der Waals surface area contributed by atoms with Crippen LogP contribution >= 0.6 is 0 Å². The molecule has 0 atom stereocenters. The summed E-state index contributed by atoms with van der Waals surface area (Å²) in [4.78, 5) is 12.9. The zero-order valence-corrected chi connectivity index (χ0v) is 11.8. The predicted molar refractivity (Wildman–Crippen MR) is 78.5 cm³/mol. The van der Waals surface area contributed by atoms with Gasteiger partial charge in [0.2, 0.25) is 0 Å². The minimum Gasteiger partial charge on any atom is -0.496 e. The third-order valence-corrected chi connectivity index (χ3v) is 3.17. The van der Waals surface area contributed by atoms with Crippen LogP contribution in [0.1, 0.15) is 15.9 Å². The van der Waals surface area contributed by atoms with Crippen LogP contribution in [0.25, 0.3) is 0 Å². The molecule has 0 saturated carbocycles. The van der Waals surface area contributed by atoms with Crippen molar-refractivity contribution in [3.05, 3.63) is 59.4 Å². The Bertz CT molecular complexity index is 658. The van der Waals surface area contributed by atoms with Gasteiger partial charge < -0.3 is 14.7 Å². The van der Waals surface area contributed by atoms with Gasteiger partial charge in [0.25, 0.3) is 0 Å². The van der Waals surface area contributed by atoms with Gasteiger partial charge in [0, 0.05) is 19.3 Å². The molecule has 0 aliphatic heterocycles. The van der Waals surface area contributed by atoms with Crippen LogP contribution in [0, 0.1) is 5.82 Å². The normalized spacial score (nSPS) is 10.2. The number of benzene rings is 2. The van der Waals surface area contributed by atoms with Crippen LogP contribution in [0.4, 0.5) is 10.1 Å². The Morgan fingerprint density at radius 2 is 2.05 bits per heavy atom. The number of halogens is 1. The fourth-order valence-electron chi connectivity index (χ4n) is 2.09. The topological polar surface area (TPSA) is 49.8 Å². The lowest BCUT2D eigenvalue weighted by atomic mass is 10.1. The summed E-state index contributed by atoms with van der Waals surface area (Å²) in [6, 6.07) is 11.2. The van der Waals surface area contributed by atoms with Crippen molar-refractivity contribution in [1.29, 1.82) is 0 Å². The average Bonchev–Trinajstić information content (AvgIpc) is 2.46. The van der Waals surface area contributed by atoms with Crippen LogP contribution < -0.4 is 9.64 Å². The molecule has 110 valence electrons. The van der Waals surface area contributed by atoms with Crippen molar-refractivity contribution in [2.45, 2.75) is 6.54 Å². The minimum atomic E-state index is -1.03. The Balaban J connectivity index is 2.21. The molecule has 2 aromatic rings. The number of carboxylic acid groups (broad SMARTS) is 1. The lowest BCUT2D eigenvalue weighted by molar-refractivity contribution is 0.0693. The SMILES string of the molecule is COc1cc(CN(C)c2cccc(F)c2)ccc1C(=O)O. The highest BCUT2D eigenvalue weighted by molar-refractivity contribution is 5.91. The van der Waals surface area contributed by atoms with Crippen molar-refractivity contribution in [2.24, 2.45) is 0 Å². The molecule has 2 aromatic carbocycles. The smallest absolute Gasteiger partial charge is 0.339 e. The van der Waals surface area contributed by atoms with Gasteiger partial charge in [0.15, 0.2) is 0 Å². The number of methoxy groups -OCH3 is 1. The summed E-state index contributed by atoms with van der Waals surface area (Å²) in [7, 11) is 3.27. The summed E-state index contributed by atoms with van der Waals surface area (Å²) in [5.41, 5.74) is 1.74. The number of hydrogen-bond acceptors (Lipinski definition) is 3. The molecule has 0 spiro atoms. The Labute approximate surface area is 122 Å². The molecule has 4 nitrogen and oxygen atoms in total. The van der Waals surface area contributed by atoms with Crippen LogP contribution in [-0.2, 0) is 6.54 Å². The second-order valence-electron chi connectivity index (χ2n) is 4.68. The van der Waals surface area contributed by atoms with Gasteiger partial charge in [-0.25, -0.2) is 9.18 Å². The van der Waals surface area contributed by atoms with E-state index in [1.54, 1.807) is 18.2 Å². The second-order valence-corrected chi connectivity index (χ2v) is 4.68. The van der Waals surface area contributed by atoms with Gasteiger partial charge in [-0.3, -0.25) is 0 Å². The fraction of sp³-hybridized carbons (Fsp3) is 0.188. The summed E-state index contributed by atoms with van der Waals surface area (Å²) >= 11 is 0. The minimum absolute atomic E-state index is 0.120. The van der Waals surface area contributed by atoms with E-state index >= 15 is 0 Å². The predicted octanol–water partition coefficient (Wildman–Crippen LogP) is 3.17. The summed E-state index contributed by atoms with van der Waals surface area (Å²) < 4.78 is 18.3. The van der Waals surface area contributed by atoms with Crippen LogP contribution in [0.5, 0.6) is 5.75 Å². The van der Waals surface area contributed by atoms with Crippen LogP contribution in [0.15, 0.2) is 42.5 Å². The maximum absolute atomic E-state index is 13.2. The Kier molecular flexibility index (Phi) is 4.42. The summed E-state index contributed by atoms with van der Waals surface area (Å²) in [6.07, 6.45) is 0. The Morgan fingerprint density at radius 3 is 2.67 bits per heavy atom.